The highest BCUT2D eigenvalue weighted by Crippen LogP contribution is 2.27. The van der Waals surface area contributed by atoms with Crippen molar-refractivity contribution < 1.29 is 18.0 Å². The number of rotatable bonds is 13. The molecule has 2 amide bonds. The summed E-state index contributed by atoms with van der Waals surface area (Å²) < 4.78 is 29.4. The van der Waals surface area contributed by atoms with Crippen LogP contribution in [0.5, 0.6) is 0 Å². The number of nitrogens with one attached hydrogen (secondary N) is 1. The summed E-state index contributed by atoms with van der Waals surface area (Å²) in [6.45, 7) is 7.88. The average Bonchev–Trinajstić information content (AvgIpc) is 3.01. The van der Waals surface area contributed by atoms with Crippen LogP contribution in [0.25, 0.3) is 0 Å². The maximum absolute atomic E-state index is 14.5. The lowest BCUT2D eigenvalue weighted by Gasteiger charge is -2.34. The van der Waals surface area contributed by atoms with Gasteiger partial charge in [0.15, 0.2) is 0 Å². The monoisotopic (exact) mass is 645 g/mol. The normalized spacial score (nSPS) is 12.0. The third-order valence-electron chi connectivity index (χ3n) is 7.36. The fourth-order valence-electron chi connectivity index (χ4n) is 5.03. The van der Waals surface area contributed by atoms with E-state index in [0.29, 0.717) is 17.3 Å². The lowest BCUT2D eigenvalue weighted by Crippen LogP contribution is -2.53. The standard InChI is InChI=1S/C36H40ClN3O4S/c1-26(2)23-38-36(42)34(22-29-12-6-5-7-13-29)39(24-30-14-8-10-27(3)20-30)35(41)25-40(32-15-9-11-28(4)21-32)45(43,44)33-18-16-31(37)17-19-33/h5-21,26,34H,22-25H2,1-4H3,(H,38,42). The first kappa shape index (κ1) is 33.7. The average molecular weight is 646 g/mol. The van der Waals surface area contributed by atoms with Crippen LogP contribution in [-0.2, 0) is 32.6 Å². The van der Waals surface area contributed by atoms with Crippen molar-refractivity contribution in [3.05, 3.63) is 130 Å². The molecule has 1 N–H and O–H groups in total. The van der Waals surface area contributed by atoms with Gasteiger partial charge in [-0.3, -0.25) is 13.9 Å². The summed E-state index contributed by atoms with van der Waals surface area (Å²) in [4.78, 5) is 29.9. The largest absolute Gasteiger partial charge is 0.354 e. The molecule has 0 spiro atoms. The Morgan fingerprint density at radius 2 is 1.42 bits per heavy atom. The summed E-state index contributed by atoms with van der Waals surface area (Å²) in [5.74, 6) is -0.596. The molecule has 0 aliphatic carbocycles. The second-order valence-electron chi connectivity index (χ2n) is 11.7. The van der Waals surface area contributed by atoms with E-state index in [1.54, 1.807) is 18.2 Å². The van der Waals surface area contributed by atoms with E-state index in [1.807, 2.05) is 88.4 Å². The molecule has 0 aliphatic rings. The number of aryl methyl sites for hydroxylation is 2. The van der Waals surface area contributed by atoms with Crippen LogP contribution in [0.3, 0.4) is 0 Å². The first-order valence-electron chi connectivity index (χ1n) is 15.0. The van der Waals surface area contributed by atoms with E-state index < -0.39 is 28.5 Å². The molecule has 236 valence electrons. The molecule has 7 nitrogen and oxygen atoms in total. The molecular formula is C36H40ClN3O4S. The fourth-order valence-corrected chi connectivity index (χ4v) is 6.56. The van der Waals surface area contributed by atoms with Crippen LogP contribution >= 0.6 is 11.6 Å². The third kappa shape index (κ3) is 9.19. The van der Waals surface area contributed by atoms with Gasteiger partial charge in [0.2, 0.25) is 11.8 Å². The molecule has 4 rings (SSSR count). The van der Waals surface area contributed by atoms with E-state index in [0.717, 1.165) is 26.6 Å². The number of hydrogen-bond donors (Lipinski definition) is 1. The fraction of sp³-hybridized carbons (Fsp3) is 0.278. The Morgan fingerprint density at radius 1 is 0.800 bits per heavy atom. The summed E-state index contributed by atoms with van der Waals surface area (Å²) in [5, 5.41) is 3.41. The Balaban J connectivity index is 1.80. The smallest absolute Gasteiger partial charge is 0.264 e. The van der Waals surface area contributed by atoms with Gasteiger partial charge < -0.3 is 10.2 Å². The molecule has 1 atom stereocenters. The van der Waals surface area contributed by atoms with Crippen LogP contribution in [0.2, 0.25) is 5.02 Å². The Kier molecular flexibility index (Phi) is 11.4. The van der Waals surface area contributed by atoms with Gasteiger partial charge in [-0.05, 0) is 72.9 Å². The first-order valence-corrected chi connectivity index (χ1v) is 16.8. The molecule has 0 saturated carbocycles. The predicted molar refractivity (Wildman–Crippen MR) is 181 cm³/mol. The molecule has 0 bridgehead atoms. The van der Waals surface area contributed by atoms with Gasteiger partial charge in [-0.1, -0.05) is 97.7 Å². The van der Waals surface area contributed by atoms with Gasteiger partial charge >= 0.3 is 0 Å². The summed E-state index contributed by atoms with van der Waals surface area (Å²) >= 11 is 6.06. The topological polar surface area (TPSA) is 86.8 Å². The molecule has 0 heterocycles. The number of benzene rings is 4. The van der Waals surface area contributed by atoms with Crippen molar-refractivity contribution in [2.45, 2.75) is 51.6 Å². The Morgan fingerprint density at radius 3 is 2.04 bits per heavy atom. The number of nitrogens with zero attached hydrogens (tertiary/aromatic N) is 2. The molecule has 0 radical (unpaired) electrons. The highest BCUT2D eigenvalue weighted by molar-refractivity contribution is 7.92. The van der Waals surface area contributed by atoms with Crippen LogP contribution in [0.4, 0.5) is 5.69 Å². The minimum Gasteiger partial charge on any atom is -0.354 e. The van der Waals surface area contributed by atoms with E-state index in [4.69, 9.17) is 11.6 Å². The van der Waals surface area contributed by atoms with Gasteiger partial charge in [0.1, 0.15) is 12.6 Å². The summed E-state index contributed by atoms with van der Waals surface area (Å²) in [6.07, 6.45) is 0.261. The number of carbonyl (C=O) groups excluding carboxylic acids is 2. The van der Waals surface area contributed by atoms with Gasteiger partial charge in [0.25, 0.3) is 10.0 Å². The van der Waals surface area contributed by atoms with Crippen molar-refractivity contribution in [1.29, 1.82) is 0 Å². The van der Waals surface area contributed by atoms with Gasteiger partial charge in [0.05, 0.1) is 10.6 Å². The van der Waals surface area contributed by atoms with Crippen molar-refractivity contribution >= 4 is 39.1 Å². The highest BCUT2D eigenvalue weighted by Gasteiger charge is 2.34. The number of sulfonamides is 1. The zero-order valence-corrected chi connectivity index (χ0v) is 27.7. The zero-order valence-electron chi connectivity index (χ0n) is 26.1. The second-order valence-corrected chi connectivity index (χ2v) is 14.0. The quantitative estimate of drug-likeness (QED) is 0.178. The molecule has 0 saturated heterocycles. The summed E-state index contributed by atoms with van der Waals surface area (Å²) in [7, 11) is -4.20. The van der Waals surface area contributed by atoms with Crippen molar-refractivity contribution in [2.24, 2.45) is 5.92 Å². The van der Waals surface area contributed by atoms with Crippen LogP contribution in [0.1, 0.15) is 36.1 Å². The van der Waals surface area contributed by atoms with Crippen LogP contribution in [-0.4, -0.2) is 44.3 Å². The molecular weight excluding hydrogens is 606 g/mol. The molecule has 9 heteroatoms. The second kappa shape index (κ2) is 15.2. The van der Waals surface area contributed by atoms with Crippen molar-refractivity contribution in [3.63, 3.8) is 0 Å². The summed E-state index contributed by atoms with van der Waals surface area (Å²) in [5.41, 5.74) is 3.91. The Labute approximate surface area is 271 Å². The number of hydrogen-bond acceptors (Lipinski definition) is 4. The van der Waals surface area contributed by atoms with Crippen molar-refractivity contribution in [1.82, 2.24) is 10.2 Å². The van der Waals surface area contributed by atoms with E-state index in [1.165, 1.54) is 29.2 Å². The van der Waals surface area contributed by atoms with Crippen LogP contribution in [0, 0.1) is 19.8 Å². The molecule has 45 heavy (non-hydrogen) atoms. The first-order chi connectivity index (χ1) is 21.4. The zero-order chi connectivity index (χ0) is 32.6. The molecule has 4 aromatic rings. The molecule has 0 aromatic heterocycles. The third-order valence-corrected chi connectivity index (χ3v) is 9.40. The van der Waals surface area contributed by atoms with Crippen LogP contribution < -0.4 is 9.62 Å². The van der Waals surface area contributed by atoms with Gasteiger partial charge in [-0.2, -0.15) is 0 Å². The summed E-state index contributed by atoms with van der Waals surface area (Å²) in [6, 6.07) is 29.2. The van der Waals surface area contributed by atoms with E-state index in [2.05, 4.69) is 5.32 Å². The Hall–Kier alpha value is -4.14. The van der Waals surface area contributed by atoms with Gasteiger partial charge in [-0.25, -0.2) is 8.42 Å². The number of anilines is 1. The molecule has 4 aromatic carbocycles. The molecule has 0 fully saturated rings. The van der Waals surface area contributed by atoms with Gasteiger partial charge in [0, 0.05) is 24.5 Å². The maximum Gasteiger partial charge on any atom is 0.264 e. The van der Waals surface area contributed by atoms with Crippen molar-refractivity contribution in [3.8, 4) is 0 Å². The minimum atomic E-state index is -4.20. The van der Waals surface area contributed by atoms with Gasteiger partial charge in [-0.15, -0.1) is 0 Å². The van der Waals surface area contributed by atoms with E-state index >= 15 is 0 Å². The van der Waals surface area contributed by atoms with E-state index in [9.17, 15) is 18.0 Å². The van der Waals surface area contributed by atoms with Crippen molar-refractivity contribution in [2.75, 3.05) is 17.4 Å². The lowest BCUT2D eigenvalue weighted by molar-refractivity contribution is -0.140. The predicted octanol–water partition coefficient (Wildman–Crippen LogP) is 6.56. The van der Waals surface area contributed by atoms with Crippen LogP contribution in [0.15, 0.2) is 108 Å². The Bertz CT molecular complexity index is 1710. The van der Waals surface area contributed by atoms with E-state index in [-0.39, 0.29) is 29.7 Å². The molecule has 0 aliphatic heterocycles. The lowest BCUT2D eigenvalue weighted by atomic mass is 10.0. The maximum atomic E-state index is 14.5. The number of halogens is 1. The molecule has 1 unspecified atom stereocenters. The number of amides is 2. The number of carbonyl (C=O) groups is 2. The SMILES string of the molecule is Cc1cccc(CN(C(=O)CN(c2cccc(C)c2)S(=O)(=O)c2ccc(Cl)cc2)C(Cc2ccccc2)C(=O)NCC(C)C)c1. The highest BCUT2D eigenvalue weighted by atomic mass is 35.5. The minimum absolute atomic E-state index is 0.00181.